The Kier molecular flexibility index (Phi) is 4.16. The molecule has 116 valence electrons. The minimum atomic E-state index is -0.141. The van der Waals surface area contributed by atoms with E-state index in [1.54, 1.807) is 24.5 Å². The molecule has 0 bridgehead atoms. The van der Waals surface area contributed by atoms with E-state index in [-0.39, 0.29) is 5.91 Å². The van der Waals surface area contributed by atoms with E-state index in [9.17, 15) is 4.79 Å². The van der Waals surface area contributed by atoms with Crippen LogP contribution in [0, 0.1) is 12.8 Å². The Labute approximate surface area is 134 Å². The molecule has 0 aliphatic heterocycles. The molecule has 1 amide bonds. The molecule has 2 aromatic rings. The van der Waals surface area contributed by atoms with E-state index in [1.807, 2.05) is 19.1 Å². The highest BCUT2D eigenvalue weighted by atomic mass is 32.1. The fourth-order valence-electron chi connectivity index (χ4n) is 2.72. The molecule has 1 aromatic carbocycles. The van der Waals surface area contributed by atoms with E-state index in [0.717, 1.165) is 29.8 Å². The summed E-state index contributed by atoms with van der Waals surface area (Å²) < 4.78 is 5.27. The Balaban J connectivity index is 1.77. The smallest absolute Gasteiger partial charge is 0.257 e. The number of carbonyl (C=O) groups is 1. The van der Waals surface area contributed by atoms with Gasteiger partial charge in [-0.25, -0.2) is 4.98 Å². The van der Waals surface area contributed by atoms with Gasteiger partial charge in [0.1, 0.15) is 5.75 Å². The fourth-order valence-corrected chi connectivity index (χ4v) is 3.89. The molecule has 1 aliphatic rings. The molecule has 0 radical (unpaired) electrons. The number of hydrogen-bond acceptors (Lipinski definition) is 4. The first-order valence-corrected chi connectivity index (χ1v) is 8.33. The first-order valence-electron chi connectivity index (χ1n) is 7.51. The number of hydrogen-bond donors (Lipinski definition) is 1. The van der Waals surface area contributed by atoms with E-state index in [2.05, 4.69) is 17.2 Å². The van der Waals surface area contributed by atoms with Gasteiger partial charge < -0.3 is 4.74 Å². The van der Waals surface area contributed by atoms with Gasteiger partial charge in [-0.3, -0.25) is 10.1 Å². The molecule has 4 nitrogen and oxygen atoms in total. The van der Waals surface area contributed by atoms with Crippen LogP contribution in [0.25, 0.3) is 0 Å². The Morgan fingerprint density at radius 1 is 1.45 bits per heavy atom. The fraction of sp³-hybridized carbons (Fsp3) is 0.412. The minimum Gasteiger partial charge on any atom is -0.496 e. The highest BCUT2D eigenvalue weighted by Crippen LogP contribution is 2.32. The Bertz CT molecular complexity index is 709. The summed E-state index contributed by atoms with van der Waals surface area (Å²) in [5.41, 5.74) is 2.75. The first kappa shape index (κ1) is 15.0. The number of carbonyl (C=O) groups excluding carboxylic acids is 1. The first-order chi connectivity index (χ1) is 10.6. The lowest BCUT2D eigenvalue weighted by Gasteiger charge is -2.15. The number of methoxy groups -OCH3 is 1. The number of aryl methyl sites for hydroxylation is 2. The van der Waals surface area contributed by atoms with Crippen LogP contribution in [0.2, 0.25) is 0 Å². The van der Waals surface area contributed by atoms with Crippen LogP contribution in [0.3, 0.4) is 0 Å². The number of amides is 1. The molecule has 0 saturated heterocycles. The zero-order valence-electron chi connectivity index (χ0n) is 13.1. The minimum absolute atomic E-state index is 0.141. The van der Waals surface area contributed by atoms with Gasteiger partial charge in [-0.05, 0) is 49.8 Å². The average Bonchev–Trinajstić information content (AvgIpc) is 2.88. The summed E-state index contributed by atoms with van der Waals surface area (Å²) in [5, 5.41) is 3.61. The van der Waals surface area contributed by atoms with Crippen molar-refractivity contribution >= 4 is 22.4 Å². The second kappa shape index (κ2) is 6.08. The second-order valence-corrected chi connectivity index (χ2v) is 6.96. The van der Waals surface area contributed by atoms with E-state index in [4.69, 9.17) is 4.74 Å². The Morgan fingerprint density at radius 2 is 2.27 bits per heavy atom. The van der Waals surface area contributed by atoms with Gasteiger partial charge in [0.25, 0.3) is 5.91 Å². The van der Waals surface area contributed by atoms with Gasteiger partial charge in [-0.15, -0.1) is 11.3 Å². The number of fused-ring (bicyclic) bond motifs is 1. The maximum Gasteiger partial charge on any atom is 0.257 e. The van der Waals surface area contributed by atoms with E-state index < -0.39 is 0 Å². The quantitative estimate of drug-likeness (QED) is 0.936. The van der Waals surface area contributed by atoms with Crippen LogP contribution in [-0.2, 0) is 12.8 Å². The number of benzene rings is 1. The van der Waals surface area contributed by atoms with Crippen molar-refractivity contribution in [3.8, 4) is 5.75 Å². The van der Waals surface area contributed by atoms with Crippen molar-refractivity contribution in [2.45, 2.75) is 33.1 Å². The number of rotatable bonds is 3. The maximum atomic E-state index is 12.4. The largest absolute Gasteiger partial charge is 0.496 e. The summed E-state index contributed by atoms with van der Waals surface area (Å²) in [7, 11) is 1.61. The van der Waals surface area contributed by atoms with Gasteiger partial charge in [-0.2, -0.15) is 0 Å². The summed E-state index contributed by atoms with van der Waals surface area (Å²) >= 11 is 1.60. The van der Waals surface area contributed by atoms with Crippen molar-refractivity contribution in [1.82, 2.24) is 4.98 Å². The zero-order chi connectivity index (χ0) is 15.7. The third kappa shape index (κ3) is 2.99. The van der Waals surface area contributed by atoms with Crippen molar-refractivity contribution in [2.24, 2.45) is 5.92 Å². The van der Waals surface area contributed by atoms with Gasteiger partial charge in [0, 0.05) is 10.4 Å². The number of thiazole rings is 1. The van der Waals surface area contributed by atoms with E-state index >= 15 is 0 Å². The van der Waals surface area contributed by atoms with Gasteiger partial charge >= 0.3 is 0 Å². The third-order valence-electron chi connectivity index (χ3n) is 4.08. The van der Waals surface area contributed by atoms with E-state index in [1.165, 1.54) is 11.3 Å². The van der Waals surface area contributed by atoms with Crippen LogP contribution in [0.5, 0.6) is 5.75 Å². The van der Waals surface area contributed by atoms with Gasteiger partial charge in [-0.1, -0.05) is 13.0 Å². The second-order valence-electron chi connectivity index (χ2n) is 5.88. The van der Waals surface area contributed by atoms with Crippen LogP contribution in [0.15, 0.2) is 18.2 Å². The molecule has 22 heavy (non-hydrogen) atoms. The molecule has 1 atom stereocenters. The summed E-state index contributed by atoms with van der Waals surface area (Å²) in [6.45, 7) is 4.22. The molecule has 3 rings (SSSR count). The summed E-state index contributed by atoms with van der Waals surface area (Å²) in [5.74, 6) is 1.29. The highest BCUT2D eigenvalue weighted by Gasteiger charge is 2.20. The van der Waals surface area contributed by atoms with Gasteiger partial charge in [0.15, 0.2) is 5.13 Å². The van der Waals surface area contributed by atoms with Gasteiger partial charge in [0.05, 0.1) is 12.8 Å². The Hall–Kier alpha value is -1.88. The summed E-state index contributed by atoms with van der Waals surface area (Å²) in [6, 6.07) is 5.46. The normalized spacial score (nSPS) is 17.0. The molecule has 1 aromatic heterocycles. The lowest BCUT2D eigenvalue weighted by molar-refractivity contribution is 0.102. The predicted molar refractivity (Wildman–Crippen MR) is 89.0 cm³/mol. The van der Waals surface area contributed by atoms with Crippen LogP contribution < -0.4 is 10.1 Å². The Morgan fingerprint density at radius 3 is 3.05 bits per heavy atom. The number of ether oxygens (including phenoxy) is 1. The SMILES string of the molecule is COc1cc(C(=O)Nc2nc3c(s2)CC(C)CC3)ccc1C. The third-order valence-corrected chi connectivity index (χ3v) is 5.11. The predicted octanol–water partition coefficient (Wildman–Crippen LogP) is 3.84. The molecule has 1 N–H and O–H groups in total. The molecule has 1 unspecified atom stereocenters. The van der Waals surface area contributed by atoms with Crippen LogP contribution >= 0.6 is 11.3 Å². The molecule has 0 spiro atoms. The molecule has 1 aliphatic carbocycles. The number of nitrogens with one attached hydrogen (secondary N) is 1. The standard InChI is InChI=1S/C17H20N2O2S/c1-10-4-7-13-15(8-10)22-17(18-13)19-16(20)12-6-5-11(2)14(9-12)21-3/h5-6,9-10H,4,7-8H2,1-3H3,(H,18,19,20). The molecule has 0 fully saturated rings. The lowest BCUT2D eigenvalue weighted by Crippen LogP contribution is -2.12. The zero-order valence-corrected chi connectivity index (χ0v) is 13.9. The molecule has 5 heteroatoms. The molecular formula is C17H20N2O2S. The van der Waals surface area contributed by atoms with Crippen LogP contribution in [0.4, 0.5) is 5.13 Å². The van der Waals surface area contributed by atoms with Crippen molar-refractivity contribution in [3.63, 3.8) is 0 Å². The maximum absolute atomic E-state index is 12.4. The number of anilines is 1. The van der Waals surface area contributed by atoms with Crippen LogP contribution in [0.1, 0.15) is 39.8 Å². The van der Waals surface area contributed by atoms with E-state index in [0.29, 0.717) is 16.6 Å². The van der Waals surface area contributed by atoms with Crippen LogP contribution in [-0.4, -0.2) is 18.0 Å². The summed E-state index contributed by atoms with van der Waals surface area (Å²) in [4.78, 5) is 18.3. The molecular weight excluding hydrogens is 296 g/mol. The topological polar surface area (TPSA) is 51.2 Å². The van der Waals surface area contributed by atoms with Crippen molar-refractivity contribution in [1.29, 1.82) is 0 Å². The van der Waals surface area contributed by atoms with Crippen molar-refractivity contribution < 1.29 is 9.53 Å². The molecule has 0 saturated carbocycles. The lowest BCUT2D eigenvalue weighted by atomic mass is 9.93. The van der Waals surface area contributed by atoms with Gasteiger partial charge in [0.2, 0.25) is 0 Å². The van der Waals surface area contributed by atoms with Crippen molar-refractivity contribution in [2.75, 3.05) is 12.4 Å². The molecule has 1 heterocycles. The number of aromatic nitrogens is 1. The highest BCUT2D eigenvalue weighted by molar-refractivity contribution is 7.15. The van der Waals surface area contributed by atoms with Crippen molar-refractivity contribution in [3.05, 3.63) is 39.9 Å². The monoisotopic (exact) mass is 316 g/mol. The number of nitrogens with zero attached hydrogens (tertiary/aromatic N) is 1. The average molecular weight is 316 g/mol. The summed E-state index contributed by atoms with van der Waals surface area (Å²) in [6.07, 6.45) is 3.27.